The van der Waals surface area contributed by atoms with Crippen molar-refractivity contribution in [1.82, 2.24) is 5.32 Å². The first-order valence-corrected chi connectivity index (χ1v) is 7.35. The number of carboxylic acid groups (broad SMARTS) is 1. The molecule has 0 spiro atoms. The van der Waals surface area contributed by atoms with E-state index in [4.69, 9.17) is 10.4 Å². The van der Waals surface area contributed by atoms with Crippen molar-refractivity contribution < 1.29 is 19.1 Å². The van der Waals surface area contributed by atoms with Crippen LogP contribution >= 0.6 is 11.8 Å². The van der Waals surface area contributed by atoms with Crippen LogP contribution in [0.5, 0.6) is 0 Å². The third kappa shape index (κ3) is 5.83. The van der Waals surface area contributed by atoms with Crippen LogP contribution in [0, 0.1) is 17.1 Å². The van der Waals surface area contributed by atoms with Crippen LogP contribution in [-0.4, -0.2) is 28.8 Å². The summed E-state index contributed by atoms with van der Waals surface area (Å²) >= 11 is 1.37. The molecule has 0 aromatic heterocycles. The average Bonchev–Trinajstić information content (AvgIpc) is 2.42. The number of hydrogen-bond acceptors (Lipinski definition) is 4. The Balaban J connectivity index is 2.45. The van der Waals surface area contributed by atoms with Crippen LogP contribution in [0.15, 0.2) is 18.2 Å². The molecular formula is C14H15FN2O3S. The molecule has 21 heavy (non-hydrogen) atoms. The molecule has 5 nitrogen and oxygen atoms in total. The number of carboxylic acids is 1. The van der Waals surface area contributed by atoms with Gasteiger partial charge < -0.3 is 10.4 Å². The second-order valence-corrected chi connectivity index (χ2v) is 5.46. The van der Waals surface area contributed by atoms with E-state index in [2.05, 4.69) is 5.32 Å². The highest BCUT2D eigenvalue weighted by atomic mass is 32.2. The van der Waals surface area contributed by atoms with Crippen molar-refractivity contribution in [3.63, 3.8) is 0 Å². The van der Waals surface area contributed by atoms with E-state index >= 15 is 0 Å². The van der Waals surface area contributed by atoms with Gasteiger partial charge in [0.1, 0.15) is 11.9 Å². The van der Waals surface area contributed by atoms with Gasteiger partial charge in [-0.1, -0.05) is 6.07 Å². The summed E-state index contributed by atoms with van der Waals surface area (Å²) in [5.74, 6) is -1.08. The fraction of sp³-hybridized carbons (Fsp3) is 0.357. The normalized spacial score (nSPS) is 11.5. The second kappa shape index (κ2) is 8.27. The van der Waals surface area contributed by atoms with Gasteiger partial charge in [-0.15, -0.1) is 0 Å². The van der Waals surface area contributed by atoms with Crippen molar-refractivity contribution >= 4 is 23.6 Å². The third-order valence-electron chi connectivity index (χ3n) is 2.67. The zero-order valence-corrected chi connectivity index (χ0v) is 12.2. The highest BCUT2D eigenvalue weighted by Crippen LogP contribution is 2.18. The lowest BCUT2D eigenvalue weighted by atomic mass is 10.1. The van der Waals surface area contributed by atoms with Crippen LogP contribution in [0.2, 0.25) is 0 Å². The summed E-state index contributed by atoms with van der Waals surface area (Å²) in [5, 5.41) is 19.9. The summed E-state index contributed by atoms with van der Waals surface area (Å²) in [7, 11) is 0. The number of nitrogens with zero attached hydrogens (tertiary/aromatic N) is 1. The molecule has 0 fully saturated rings. The van der Waals surface area contributed by atoms with E-state index < -0.39 is 23.7 Å². The molecular weight excluding hydrogens is 295 g/mol. The number of nitrogens with one attached hydrogen (secondary N) is 1. The van der Waals surface area contributed by atoms with Crippen molar-refractivity contribution in [3.05, 3.63) is 35.1 Å². The summed E-state index contributed by atoms with van der Waals surface area (Å²) in [6, 6.07) is 5.18. The van der Waals surface area contributed by atoms with Crippen LogP contribution in [0.4, 0.5) is 4.39 Å². The van der Waals surface area contributed by atoms with E-state index in [0.29, 0.717) is 17.1 Å². The summed E-state index contributed by atoms with van der Waals surface area (Å²) < 4.78 is 13.6. The highest BCUT2D eigenvalue weighted by Gasteiger charge is 2.17. The SMILES string of the molecule is CC(=O)NC(CCSCc1ccc(C#N)cc1F)C(=O)O. The molecule has 1 aromatic carbocycles. The number of halogens is 1. The number of amides is 1. The van der Waals surface area contributed by atoms with Gasteiger partial charge in [0.25, 0.3) is 0 Å². The molecule has 112 valence electrons. The smallest absolute Gasteiger partial charge is 0.326 e. The number of rotatable bonds is 7. The minimum absolute atomic E-state index is 0.261. The molecule has 7 heteroatoms. The Morgan fingerprint density at radius 1 is 1.52 bits per heavy atom. The number of carbonyl (C=O) groups excluding carboxylic acids is 1. The van der Waals surface area contributed by atoms with Crippen LogP contribution in [-0.2, 0) is 15.3 Å². The molecule has 0 aliphatic rings. The van der Waals surface area contributed by atoms with Crippen LogP contribution in [0.25, 0.3) is 0 Å². The molecule has 0 saturated carbocycles. The summed E-state index contributed by atoms with van der Waals surface area (Å²) in [4.78, 5) is 21.8. The van der Waals surface area contributed by atoms with Crippen LogP contribution in [0.1, 0.15) is 24.5 Å². The Bertz CT molecular complexity index is 572. The van der Waals surface area contributed by atoms with Gasteiger partial charge in [-0.25, -0.2) is 9.18 Å². The zero-order chi connectivity index (χ0) is 15.8. The molecule has 1 atom stereocenters. The van der Waals surface area contributed by atoms with E-state index in [1.54, 1.807) is 6.07 Å². The maximum absolute atomic E-state index is 13.6. The van der Waals surface area contributed by atoms with E-state index in [0.717, 1.165) is 0 Å². The van der Waals surface area contributed by atoms with Crippen LogP contribution in [0.3, 0.4) is 0 Å². The maximum atomic E-state index is 13.6. The van der Waals surface area contributed by atoms with E-state index in [-0.39, 0.29) is 12.0 Å². The number of carbonyl (C=O) groups is 2. The molecule has 1 unspecified atom stereocenters. The molecule has 2 N–H and O–H groups in total. The van der Waals surface area contributed by atoms with Crippen molar-refractivity contribution in [3.8, 4) is 6.07 Å². The monoisotopic (exact) mass is 310 g/mol. The Morgan fingerprint density at radius 2 is 2.24 bits per heavy atom. The minimum atomic E-state index is -1.09. The molecule has 1 rings (SSSR count). The van der Waals surface area contributed by atoms with Crippen LogP contribution < -0.4 is 5.32 Å². The topological polar surface area (TPSA) is 90.2 Å². The molecule has 0 aliphatic heterocycles. The van der Waals surface area contributed by atoms with E-state index in [1.807, 2.05) is 6.07 Å². The van der Waals surface area contributed by atoms with Crippen molar-refractivity contribution in [2.24, 2.45) is 0 Å². The van der Waals surface area contributed by atoms with Crippen molar-refractivity contribution in [1.29, 1.82) is 5.26 Å². The predicted molar refractivity (Wildman–Crippen MR) is 77.1 cm³/mol. The molecule has 0 radical (unpaired) electrons. The largest absolute Gasteiger partial charge is 0.480 e. The number of hydrogen-bond donors (Lipinski definition) is 2. The molecule has 0 heterocycles. The number of nitriles is 1. The predicted octanol–water partition coefficient (Wildman–Crippen LogP) is 1.91. The Kier molecular flexibility index (Phi) is 6.69. The molecule has 0 bridgehead atoms. The second-order valence-electron chi connectivity index (χ2n) is 4.35. The average molecular weight is 310 g/mol. The number of aliphatic carboxylic acids is 1. The van der Waals surface area contributed by atoms with Crippen molar-refractivity contribution in [2.75, 3.05) is 5.75 Å². The first-order chi connectivity index (χ1) is 9.93. The van der Waals surface area contributed by atoms with Gasteiger partial charge in [-0.05, 0) is 29.9 Å². The molecule has 1 aromatic rings. The first kappa shape index (κ1) is 17.0. The van der Waals surface area contributed by atoms with E-state index in [1.165, 1.54) is 30.8 Å². The van der Waals surface area contributed by atoms with Gasteiger partial charge in [0, 0.05) is 12.7 Å². The first-order valence-electron chi connectivity index (χ1n) is 6.20. The Morgan fingerprint density at radius 3 is 2.76 bits per heavy atom. The number of benzene rings is 1. The fourth-order valence-corrected chi connectivity index (χ4v) is 2.62. The molecule has 0 aliphatic carbocycles. The molecule has 0 saturated heterocycles. The minimum Gasteiger partial charge on any atom is -0.480 e. The Labute approximate surface area is 126 Å². The lowest BCUT2D eigenvalue weighted by molar-refractivity contribution is -0.141. The third-order valence-corrected chi connectivity index (χ3v) is 3.71. The lowest BCUT2D eigenvalue weighted by Gasteiger charge is -2.12. The maximum Gasteiger partial charge on any atom is 0.326 e. The fourth-order valence-electron chi connectivity index (χ4n) is 1.62. The Hall–Kier alpha value is -2.07. The van der Waals surface area contributed by atoms with Gasteiger partial charge in [0.2, 0.25) is 5.91 Å². The molecule has 1 amide bonds. The van der Waals surface area contributed by atoms with Gasteiger partial charge in [-0.3, -0.25) is 4.79 Å². The zero-order valence-electron chi connectivity index (χ0n) is 11.4. The lowest BCUT2D eigenvalue weighted by Crippen LogP contribution is -2.39. The summed E-state index contributed by atoms with van der Waals surface area (Å²) in [6.45, 7) is 1.26. The van der Waals surface area contributed by atoms with E-state index in [9.17, 15) is 14.0 Å². The highest BCUT2D eigenvalue weighted by molar-refractivity contribution is 7.98. The van der Waals surface area contributed by atoms with Crippen molar-refractivity contribution in [2.45, 2.75) is 25.1 Å². The van der Waals surface area contributed by atoms with Gasteiger partial charge in [0.05, 0.1) is 11.6 Å². The summed E-state index contributed by atoms with van der Waals surface area (Å²) in [5.41, 5.74) is 0.725. The van der Waals surface area contributed by atoms with Gasteiger partial charge >= 0.3 is 5.97 Å². The van der Waals surface area contributed by atoms with Gasteiger partial charge in [-0.2, -0.15) is 17.0 Å². The van der Waals surface area contributed by atoms with Gasteiger partial charge in [0.15, 0.2) is 0 Å². The number of thioether (sulfide) groups is 1. The quantitative estimate of drug-likeness (QED) is 0.751. The summed E-state index contributed by atoms with van der Waals surface area (Å²) in [6.07, 6.45) is 0.261. The standard InChI is InChI=1S/C14H15FN2O3S/c1-9(18)17-13(14(19)20)4-5-21-8-11-3-2-10(7-16)6-12(11)15/h2-3,6,13H,4-5,8H2,1H3,(H,17,18)(H,19,20).